The van der Waals surface area contributed by atoms with Crippen molar-refractivity contribution in [3.63, 3.8) is 0 Å². The van der Waals surface area contributed by atoms with Crippen LogP contribution in [-0.4, -0.2) is 12.6 Å². The summed E-state index contributed by atoms with van der Waals surface area (Å²) in [5, 5.41) is 3.93. The maximum Gasteiger partial charge on any atom is 0.142 e. The Bertz CT molecular complexity index is 404. The average Bonchev–Trinajstić information content (AvgIpc) is 3.23. The summed E-state index contributed by atoms with van der Waals surface area (Å²) in [5.74, 6) is 0.566. The second kappa shape index (κ2) is 7.25. The maximum atomic E-state index is 13.3. The number of hydrogen-bond acceptors (Lipinski definition) is 1. The minimum Gasteiger partial charge on any atom is -0.314 e. The van der Waals surface area contributed by atoms with Crippen molar-refractivity contribution in [2.45, 2.75) is 51.5 Å². The van der Waals surface area contributed by atoms with Crippen molar-refractivity contribution in [2.75, 3.05) is 6.54 Å². The van der Waals surface area contributed by atoms with Crippen LogP contribution in [0.4, 0.5) is 4.39 Å². The van der Waals surface area contributed by atoms with E-state index in [0.29, 0.717) is 11.1 Å². The molecule has 1 fully saturated rings. The molecule has 1 aliphatic rings. The van der Waals surface area contributed by atoms with E-state index in [9.17, 15) is 4.39 Å². The van der Waals surface area contributed by atoms with E-state index < -0.39 is 0 Å². The van der Waals surface area contributed by atoms with Gasteiger partial charge in [-0.2, -0.15) is 0 Å². The third-order valence-electron chi connectivity index (χ3n) is 3.84. The summed E-state index contributed by atoms with van der Waals surface area (Å²) in [7, 11) is 0. The zero-order valence-corrected chi connectivity index (χ0v) is 12.3. The first-order valence-corrected chi connectivity index (χ1v) is 7.76. The van der Waals surface area contributed by atoms with E-state index in [4.69, 9.17) is 11.6 Å². The lowest BCUT2D eigenvalue weighted by Crippen LogP contribution is -2.31. The fraction of sp³-hybridized carbons (Fsp3) is 0.625. The summed E-state index contributed by atoms with van der Waals surface area (Å²) >= 11 is 5.98. The van der Waals surface area contributed by atoms with Crippen LogP contribution in [0.25, 0.3) is 0 Å². The number of nitrogens with one attached hydrogen (secondary N) is 1. The molecule has 0 spiro atoms. The van der Waals surface area contributed by atoms with Crippen molar-refractivity contribution in [3.8, 4) is 0 Å². The normalized spacial score (nSPS) is 16.6. The molecule has 0 bridgehead atoms. The van der Waals surface area contributed by atoms with Gasteiger partial charge in [-0.1, -0.05) is 30.7 Å². The summed E-state index contributed by atoms with van der Waals surface area (Å²) < 4.78 is 13.3. The zero-order valence-electron chi connectivity index (χ0n) is 11.6. The predicted molar refractivity (Wildman–Crippen MR) is 79.2 cm³/mol. The molecule has 19 heavy (non-hydrogen) atoms. The lowest BCUT2D eigenvalue weighted by molar-refractivity contribution is 0.425. The molecule has 0 heterocycles. The average molecular weight is 284 g/mol. The lowest BCUT2D eigenvalue weighted by atomic mass is 10.0. The van der Waals surface area contributed by atoms with E-state index >= 15 is 0 Å². The van der Waals surface area contributed by atoms with Crippen LogP contribution in [0.15, 0.2) is 18.2 Å². The standard InChI is InChI=1S/C16H23ClFN/c1-2-11-19-15(12-9-10-12)8-4-6-13-5-3-7-14(18)16(13)17/h3,5,7,12,15,19H,2,4,6,8-11H2,1H3. The summed E-state index contributed by atoms with van der Waals surface area (Å²) in [4.78, 5) is 0. The highest BCUT2D eigenvalue weighted by atomic mass is 35.5. The van der Waals surface area contributed by atoms with Crippen LogP contribution in [0.1, 0.15) is 44.6 Å². The summed E-state index contributed by atoms with van der Waals surface area (Å²) in [6, 6.07) is 5.73. The monoisotopic (exact) mass is 283 g/mol. The van der Waals surface area contributed by atoms with Gasteiger partial charge in [0.25, 0.3) is 0 Å². The number of hydrogen-bond donors (Lipinski definition) is 1. The van der Waals surface area contributed by atoms with Crippen molar-refractivity contribution in [3.05, 3.63) is 34.6 Å². The Balaban J connectivity index is 1.79. The molecule has 0 saturated heterocycles. The molecule has 1 N–H and O–H groups in total. The molecule has 1 atom stereocenters. The largest absolute Gasteiger partial charge is 0.314 e. The zero-order chi connectivity index (χ0) is 13.7. The Morgan fingerprint density at radius 3 is 2.89 bits per heavy atom. The molecular weight excluding hydrogens is 261 g/mol. The molecule has 2 rings (SSSR count). The van der Waals surface area contributed by atoms with Crippen LogP contribution in [0.3, 0.4) is 0 Å². The second-order valence-electron chi connectivity index (χ2n) is 5.50. The molecule has 106 valence electrons. The van der Waals surface area contributed by atoms with E-state index in [-0.39, 0.29) is 5.82 Å². The third kappa shape index (κ3) is 4.47. The van der Waals surface area contributed by atoms with E-state index in [1.807, 2.05) is 6.07 Å². The van der Waals surface area contributed by atoms with Gasteiger partial charge in [0.2, 0.25) is 0 Å². The van der Waals surface area contributed by atoms with Crippen LogP contribution >= 0.6 is 11.6 Å². The smallest absolute Gasteiger partial charge is 0.142 e. The maximum absolute atomic E-state index is 13.3. The highest BCUT2D eigenvalue weighted by molar-refractivity contribution is 6.31. The van der Waals surface area contributed by atoms with Gasteiger partial charge in [0.1, 0.15) is 5.82 Å². The van der Waals surface area contributed by atoms with Crippen molar-refractivity contribution in [1.29, 1.82) is 0 Å². The molecule has 3 heteroatoms. The van der Waals surface area contributed by atoms with E-state index in [1.54, 1.807) is 6.07 Å². The molecule has 0 amide bonds. The molecule has 1 nitrogen and oxygen atoms in total. The van der Waals surface area contributed by atoms with Gasteiger partial charge in [0, 0.05) is 6.04 Å². The van der Waals surface area contributed by atoms with E-state index in [2.05, 4.69) is 12.2 Å². The number of benzene rings is 1. The van der Waals surface area contributed by atoms with Gasteiger partial charge in [-0.05, 0) is 62.6 Å². The van der Waals surface area contributed by atoms with E-state index in [1.165, 1.54) is 25.3 Å². The topological polar surface area (TPSA) is 12.0 Å². The van der Waals surface area contributed by atoms with Gasteiger partial charge in [-0.25, -0.2) is 4.39 Å². The third-order valence-corrected chi connectivity index (χ3v) is 4.26. The Morgan fingerprint density at radius 1 is 1.42 bits per heavy atom. The van der Waals surface area contributed by atoms with Crippen molar-refractivity contribution in [1.82, 2.24) is 5.32 Å². The second-order valence-corrected chi connectivity index (χ2v) is 5.88. The molecular formula is C16H23ClFN. The van der Waals surface area contributed by atoms with Gasteiger partial charge in [-0.3, -0.25) is 0 Å². The minimum atomic E-state index is -0.304. The molecule has 0 aliphatic heterocycles. The summed E-state index contributed by atoms with van der Waals surface area (Å²) in [6.45, 7) is 3.30. The summed E-state index contributed by atoms with van der Waals surface area (Å²) in [5.41, 5.74) is 0.937. The Hall–Kier alpha value is -0.600. The van der Waals surface area contributed by atoms with Gasteiger partial charge >= 0.3 is 0 Å². The van der Waals surface area contributed by atoms with Gasteiger partial charge in [0.15, 0.2) is 0 Å². The molecule has 1 unspecified atom stereocenters. The molecule has 1 aromatic rings. The fourth-order valence-corrected chi connectivity index (χ4v) is 2.81. The molecule has 1 aromatic carbocycles. The van der Waals surface area contributed by atoms with Crippen LogP contribution in [0.5, 0.6) is 0 Å². The van der Waals surface area contributed by atoms with Crippen molar-refractivity contribution < 1.29 is 4.39 Å². The Kier molecular flexibility index (Phi) is 5.65. The molecule has 0 aromatic heterocycles. The Morgan fingerprint density at radius 2 is 2.21 bits per heavy atom. The first-order chi connectivity index (χ1) is 9.22. The Labute approximate surface area is 120 Å². The van der Waals surface area contributed by atoms with Crippen molar-refractivity contribution in [2.24, 2.45) is 5.92 Å². The van der Waals surface area contributed by atoms with E-state index in [0.717, 1.165) is 37.3 Å². The number of rotatable bonds is 8. The minimum absolute atomic E-state index is 0.298. The van der Waals surface area contributed by atoms with Crippen LogP contribution in [0, 0.1) is 11.7 Å². The molecule has 1 saturated carbocycles. The quantitative estimate of drug-likeness (QED) is 0.736. The SMILES string of the molecule is CCCNC(CCCc1cccc(F)c1Cl)C1CC1. The van der Waals surface area contributed by atoms with Crippen LogP contribution in [-0.2, 0) is 6.42 Å². The van der Waals surface area contributed by atoms with Gasteiger partial charge in [0.05, 0.1) is 5.02 Å². The fourth-order valence-electron chi connectivity index (χ4n) is 2.59. The number of aryl methyl sites for hydroxylation is 1. The van der Waals surface area contributed by atoms with Crippen molar-refractivity contribution >= 4 is 11.6 Å². The first-order valence-electron chi connectivity index (χ1n) is 7.38. The van der Waals surface area contributed by atoms with Crippen LogP contribution in [0.2, 0.25) is 5.02 Å². The summed E-state index contributed by atoms with van der Waals surface area (Å²) in [6.07, 6.45) is 7.01. The highest BCUT2D eigenvalue weighted by Gasteiger charge is 2.30. The first kappa shape index (κ1) is 14.8. The predicted octanol–water partition coefficient (Wildman–Crippen LogP) is 4.58. The van der Waals surface area contributed by atoms with Gasteiger partial charge in [-0.15, -0.1) is 0 Å². The molecule has 0 radical (unpaired) electrons. The van der Waals surface area contributed by atoms with Crippen LogP contribution < -0.4 is 5.32 Å². The molecule has 1 aliphatic carbocycles. The lowest BCUT2D eigenvalue weighted by Gasteiger charge is -2.18. The highest BCUT2D eigenvalue weighted by Crippen LogP contribution is 2.35. The van der Waals surface area contributed by atoms with Gasteiger partial charge < -0.3 is 5.32 Å². The number of halogens is 2.